The maximum absolute atomic E-state index is 12.5. The van der Waals surface area contributed by atoms with Crippen molar-refractivity contribution in [2.45, 2.75) is 85.3 Å². The van der Waals surface area contributed by atoms with Gasteiger partial charge in [-0.05, 0) is 70.1 Å². The van der Waals surface area contributed by atoms with Gasteiger partial charge in [-0.25, -0.2) is 8.42 Å². The van der Waals surface area contributed by atoms with Crippen LogP contribution in [0.4, 0.5) is 0 Å². The summed E-state index contributed by atoms with van der Waals surface area (Å²) in [6.45, 7) is 14.2. The zero-order chi connectivity index (χ0) is 18.3. The molecule has 0 bridgehead atoms. The minimum Gasteiger partial charge on any atom is -0.224 e. The number of rotatable bonds is 4. The van der Waals surface area contributed by atoms with E-state index in [1.54, 1.807) is 33.3 Å². The first-order valence-electron chi connectivity index (χ1n) is 9.53. The zero-order valence-corrected chi connectivity index (χ0v) is 17.5. The first-order chi connectivity index (χ1) is 10.9. The molecule has 0 saturated heterocycles. The third kappa shape index (κ3) is 3.38. The summed E-state index contributed by atoms with van der Waals surface area (Å²) in [6.07, 6.45) is 10.4. The second-order valence-electron chi connectivity index (χ2n) is 9.36. The van der Waals surface area contributed by atoms with Gasteiger partial charge in [0.2, 0.25) is 0 Å². The van der Waals surface area contributed by atoms with E-state index in [1.807, 2.05) is 6.08 Å². The van der Waals surface area contributed by atoms with Gasteiger partial charge in [0.05, 0.1) is 4.75 Å². The minimum absolute atomic E-state index is 0.335. The van der Waals surface area contributed by atoms with Crippen LogP contribution in [0.15, 0.2) is 22.6 Å². The smallest absolute Gasteiger partial charge is 0.178 e. The van der Waals surface area contributed by atoms with Crippen molar-refractivity contribution >= 4 is 9.84 Å². The van der Waals surface area contributed by atoms with E-state index >= 15 is 0 Å². The van der Waals surface area contributed by atoms with Crippen molar-refractivity contribution in [3.05, 3.63) is 22.6 Å². The lowest BCUT2D eigenvalue weighted by molar-refractivity contribution is 0.111. The Labute approximate surface area is 149 Å². The first kappa shape index (κ1) is 19.8. The summed E-state index contributed by atoms with van der Waals surface area (Å²) in [5.41, 5.74) is 1.91. The molecule has 0 heterocycles. The van der Waals surface area contributed by atoms with Crippen LogP contribution < -0.4 is 0 Å². The van der Waals surface area contributed by atoms with Gasteiger partial charge in [0.15, 0.2) is 9.84 Å². The molecule has 0 aromatic rings. The average molecular weight is 353 g/mol. The maximum Gasteiger partial charge on any atom is 0.178 e. The van der Waals surface area contributed by atoms with E-state index in [0.717, 1.165) is 18.3 Å². The molecule has 3 heteroatoms. The lowest BCUT2D eigenvalue weighted by Gasteiger charge is -2.44. The molecule has 2 aliphatic carbocycles. The molecule has 0 spiro atoms. The molecule has 24 heavy (non-hydrogen) atoms. The highest BCUT2D eigenvalue weighted by Gasteiger charge is 2.46. The normalized spacial score (nSPS) is 33.1. The molecule has 0 aliphatic heterocycles. The Bertz CT molecular complexity index is 633. The van der Waals surface area contributed by atoms with Crippen molar-refractivity contribution in [3.63, 3.8) is 0 Å². The van der Waals surface area contributed by atoms with Crippen LogP contribution in [0.25, 0.3) is 0 Å². The molecule has 0 aromatic heterocycles. The van der Waals surface area contributed by atoms with Crippen molar-refractivity contribution in [1.29, 1.82) is 0 Å². The van der Waals surface area contributed by atoms with E-state index in [1.165, 1.54) is 25.7 Å². The fourth-order valence-corrected chi connectivity index (χ4v) is 6.25. The second kappa shape index (κ2) is 6.63. The fraction of sp³-hybridized carbons (Fsp3) is 0.810. The molecule has 0 radical (unpaired) electrons. The van der Waals surface area contributed by atoms with Crippen molar-refractivity contribution in [2.24, 2.45) is 23.2 Å². The summed E-state index contributed by atoms with van der Waals surface area (Å²) in [5.74, 6) is 2.02. The Morgan fingerprint density at radius 3 is 2.62 bits per heavy atom. The largest absolute Gasteiger partial charge is 0.224 e. The van der Waals surface area contributed by atoms with E-state index in [2.05, 4.69) is 26.8 Å². The van der Waals surface area contributed by atoms with Gasteiger partial charge >= 0.3 is 0 Å². The van der Waals surface area contributed by atoms with Gasteiger partial charge in [-0.2, -0.15) is 0 Å². The summed E-state index contributed by atoms with van der Waals surface area (Å²) >= 11 is 0. The van der Waals surface area contributed by atoms with E-state index in [4.69, 9.17) is 0 Å². The van der Waals surface area contributed by atoms with E-state index < -0.39 is 14.6 Å². The summed E-state index contributed by atoms with van der Waals surface area (Å²) in [4.78, 5) is 0.527. The Balaban J connectivity index is 2.14. The number of allylic oxidation sites excluding steroid dienone is 4. The molecule has 2 aliphatic rings. The first-order valence-corrected chi connectivity index (χ1v) is 11.0. The topological polar surface area (TPSA) is 34.1 Å². The predicted molar refractivity (Wildman–Crippen MR) is 104 cm³/mol. The van der Waals surface area contributed by atoms with Gasteiger partial charge in [0.25, 0.3) is 0 Å². The Kier molecular flexibility index (Phi) is 5.45. The lowest BCUT2D eigenvalue weighted by Crippen LogP contribution is -2.35. The van der Waals surface area contributed by atoms with Crippen LogP contribution in [0.3, 0.4) is 0 Å². The van der Waals surface area contributed by atoms with Crippen molar-refractivity contribution in [3.8, 4) is 0 Å². The quantitative estimate of drug-likeness (QED) is 0.590. The molecule has 0 amide bonds. The monoisotopic (exact) mass is 352 g/mol. The van der Waals surface area contributed by atoms with Crippen molar-refractivity contribution in [1.82, 2.24) is 0 Å². The average Bonchev–Trinajstić information content (AvgIpc) is 2.81. The second-order valence-corrected chi connectivity index (χ2v) is 12.2. The standard InChI is InChI=1S/C21H36O2S/c1-15-9-8-14-21(7)18(15)12-13-19(21)16(2)10-11-17(3)24(22,23)20(4,5)6/h11,13,15-16,18H,8-10,12,14H2,1-7H3/b17-11+/t15-,16+,18-,21-/m0/s1. The number of sulfone groups is 1. The summed E-state index contributed by atoms with van der Waals surface area (Å²) in [7, 11) is -3.20. The molecule has 0 aromatic carbocycles. The molecule has 1 saturated carbocycles. The van der Waals surface area contributed by atoms with E-state index in [-0.39, 0.29) is 0 Å². The van der Waals surface area contributed by atoms with E-state index in [0.29, 0.717) is 16.2 Å². The van der Waals surface area contributed by atoms with Crippen LogP contribution in [-0.4, -0.2) is 13.2 Å². The van der Waals surface area contributed by atoms with Crippen molar-refractivity contribution in [2.75, 3.05) is 0 Å². The summed E-state index contributed by atoms with van der Waals surface area (Å²) < 4.78 is 24.4. The maximum atomic E-state index is 12.5. The number of hydrogen-bond acceptors (Lipinski definition) is 2. The zero-order valence-electron chi connectivity index (χ0n) is 16.6. The van der Waals surface area contributed by atoms with Crippen LogP contribution in [0.5, 0.6) is 0 Å². The number of fused-ring (bicyclic) bond motifs is 1. The molecule has 2 rings (SSSR count). The summed E-state index contributed by atoms with van der Waals surface area (Å²) in [6, 6.07) is 0. The van der Waals surface area contributed by atoms with Gasteiger partial charge < -0.3 is 0 Å². The van der Waals surface area contributed by atoms with Crippen LogP contribution in [0.2, 0.25) is 0 Å². The van der Waals surface area contributed by atoms with Gasteiger partial charge in [-0.1, -0.05) is 51.3 Å². The minimum atomic E-state index is -3.20. The molecule has 2 nitrogen and oxygen atoms in total. The SMILES string of the molecule is C/C(=C\C[C@@H](C)C1=CC[C@H]2[C@@H](C)CCC[C@]12C)S(=O)(=O)C(C)(C)C. The van der Waals surface area contributed by atoms with Gasteiger partial charge in [-0.15, -0.1) is 0 Å². The fourth-order valence-electron chi connectivity index (χ4n) is 4.97. The third-order valence-electron chi connectivity index (χ3n) is 6.63. The van der Waals surface area contributed by atoms with Crippen LogP contribution in [-0.2, 0) is 9.84 Å². The Hall–Kier alpha value is -0.570. The molecular formula is C21H36O2S. The lowest BCUT2D eigenvalue weighted by atomic mass is 9.60. The highest BCUT2D eigenvalue weighted by molar-refractivity contribution is 7.96. The third-order valence-corrected chi connectivity index (χ3v) is 9.26. The van der Waals surface area contributed by atoms with Crippen LogP contribution in [0.1, 0.15) is 80.6 Å². The van der Waals surface area contributed by atoms with Gasteiger partial charge in [0.1, 0.15) is 0 Å². The van der Waals surface area contributed by atoms with E-state index in [9.17, 15) is 8.42 Å². The molecule has 0 unspecified atom stereocenters. The highest BCUT2D eigenvalue weighted by atomic mass is 32.2. The molecule has 4 atom stereocenters. The Morgan fingerprint density at radius 2 is 2.04 bits per heavy atom. The van der Waals surface area contributed by atoms with Gasteiger partial charge in [-0.3, -0.25) is 0 Å². The highest BCUT2D eigenvalue weighted by Crippen LogP contribution is 2.56. The molecule has 0 N–H and O–H groups in total. The van der Waals surface area contributed by atoms with Gasteiger partial charge in [0, 0.05) is 4.91 Å². The van der Waals surface area contributed by atoms with Crippen LogP contribution in [0, 0.1) is 23.2 Å². The van der Waals surface area contributed by atoms with Crippen molar-refractivity contribution < 1.29 is 8.42 Å². The van der Waals surface area contributed by atoms with Crippen LogP contribution >= 0.6 is 0 Å². The Morgan fingerprint density at radius 1 is 1.42 bits per heavy atom. The number of hydrogen-bond donors (Lipinski definition) is 0. The molecule has 1 fully saturated rings. The predicted octanol–water partition coefficient (Wildman–Crippen LogP) is 5.90. The summed E-state index contributed by atoms with van der Waals surface area (Å²) in [5, 5.41) is 0. The molecular weight excluding hydrogens is 316 g/mol. The molecule has 138 valence electrons.